The summed E-state index contributed by atoms with van der Waals surface area (Å²) in [5.74, 6) is -11.9. The number of carbonyl (C=O) groups excluding carboxylic acids is 2. The first-order valence-corrected chi connectivity index (χ1v) is 20.5. The van der Waals surface area contributed by atoms with Crippen molar-refractivity contribution in [2.75, 3.05) is 36.0 Å². The van der Waals surface area contributed by atoms with E-state index in [1.165, 1.54) is 30.4 Å². The maximum atomic E-state index is 15.7. The molecule has 3 N–H and O–H groups in total. The van der Waals surface area contributed by atoms with E-state index in [9.17, 15) is 35.9 Å². The normalized spacial score (nSPS) is 19.7. The van der Waals surface area contributed by atoms with E-state index < -0.39 is 94.2 Å². The minimum atomic E-state index is -5.09. The number of primary amides is 1. The summed E-state index contributed by atoms with van der Waals surface area (Å²) in [6, 6.07) is 13.8. The standard InChI is InChI=1S/C42H33ClF8N8O2S/c1-19-32-33-36(42(49,50)51)56-59(37(33)41(47,48)34(19)32)18-31(60)53-29(14-20-12-23(44)16-24(45)13-20)35-26(21-2-7-28(46)27(15-21)38(52)61)17-30-39(54-35)55-40(62-30)58-10-8-57(9-11-58)25-5-3-22(43)4-6-25/h2-7,12-13,15-17,19,29,32,34H,8-11,14,18H2,1H3,(H2,52,61)(H,53,60)/t19-,29+,32-,34?/m1/s1. The third-order valence-corrected chi connectivity index (χ3v) is 13.0. The number of thiazole rings is 1. The van der Waals surface area contributed by atoms with Gasteiger partial charge in [-0.15, -0.1) is 0 Å². The number of fused-ring (bicyclic) bond motifs is 4. The number of piperazine rings is 1. The van der Waals surface area contributed by atoms with Gasteiger partial charge in [-0.2, -0.15) is 32.0 Å². The number of amides is 2. The average Bonchev–Trinajstić information content (AvgIpc) is 3.45. The van der Waals surface area contributed by atoms with E-state index >= 15 is 8.78 Å². The number of hydrogen-bond acceptors (Lipinski definition) is 8. The summed E-state index contributed by atoms with van der Waals surface area (Å²) in [7, 11) is 0. The first-order valence-electron chi connectivity index (χ1n) is 19.3. The highest BCUT2D eigenvalue weighted by atomic mass is 35.5. The van der Waals surface area contributed by atoms with Gasteiger partial charge in [0.2, 0.25) is 5.91 Å². The lowest BCUT2D eigenvalue weighted by Gasteiger charge is -2.35. The van der Waals surface area contributed by atoms with E-state index in [1.807, 2.05) is 17.0 Å². The lowest BCUT2D eigenvalue weighted by atomic mass is 9.94. The molecule has 6 aromatic rings. The first kappa shape index (κ1) is 41.5. The molecule has 322 valence electrons. The Morgan fingerprint density at radius 2 is 1.63 bits per heavy atom. The topological polar surface area (TPSA) is 122 Å². The summed E-state index contributed by atoms with van der Waals surface area (Å²) in [4.78, 5) is 40.1. The zero-order chi connectivity index (χ0) is 44.0. The maximum absolute atomic E-state index is 15.7. The summed E-state index contributed by atoms with van der Waals surface area (Å²) >= 11 is 7.35. The van der Waals surface area contributed by atoms with Crippen LogP contribution in [-0.4, -0.2) is 57.7 Å². The molecule has 9 rings (SSSR count). The number of pyridine rings is 1. The number of benzene rings is 3. The molecule has 2 fully saturated rings. The van der Waals surface area contributed by atoms with Crippen LogP contribution in [0.1, 0.15) is 57.5 Å². The zero-order valence-electron chi connectivity index (χ0n) is 32.3. The van der Waals surface area contributed by atoms with Gasteiger partial charge >= 0.3 is 6.18 Å². The Morgan fingerprint density at radius 3 is 2.29 bits per heavy atom. The van der Waals surface area contributed by atoms with Crippen LogP contribution in [0.3, 0.4) is 0 Å². The van der Waals surface area contributed by atoms with Crippen LogP contribution >= 0.6 is 22.9 Å². The molecule has 2 aliphatic carbocycles. The van der Waals surface area contributed by atoms with Crippen molar-refractivity contribution in [1.29, 1.82) is 0 Å². The smallest absolute Gasteiger partial charge is 0.368 e. The zero-order valence-corrected chi connectivity index (χ0v) is 33.9. The summed E-state index contributed by atoms with van der Waals surface area (Å²) in [5, 5.41) is 7.32. The fourth-order valence-electron chi connectivity index (χ4n) is 8.83. The second-order valence-electron chi connectivity index (χ2n) is 15.7. The van der Waals surface area contributed by atoms with Gasteiger partial charge in [-0.25, -0.2) is 18.2 Å². The molecule has 0 spiro atoms. The number of anilines is 2. The highest BCUT2D eigenvalue weighted by Gasteiger charge is 2.72. The largest absolute Gasteiger partial charge is 0.435 e. The fraction of sp³-hybridized carbons (Fsp3) is 0.310. The SMILES string of the molecule is C[C@H]1C2[C@H]1c1c(C(F)(F)F)nn(CC(=O)N[C@@H](Cc3cc(F)cc(F)c3)c3nc4nc(N5CCN(c6ccc(Cl)cc6)CC5)sc4cc3-c3ccc(F)c(C(N)=O)c3)c1C2(F)F. The Balaban J connectivity index is 1.11. The highest BCUT2D eigenvalue weighted by molar-refractivity contribution is 7.22. The highest BCUT2D eigenvalue weighted by Crippen LogP contribution is 2.71. The van der Waals surface area contributed by atoms with Crippen LogP contribution in [0.25, 0.3) is 21.5 Å². The summed E-state index contributed by atoms with van der Waals surface area (Å²) in [6.07, 6.45) is -5.48. The van der Waals surface area contributed by atoms with Gasteiger partial charge in [0.1, 0.15) is 29.7 Å². The van der Waals surface area contributed by atoms with Crippen LogP contribution in [0, 0.1) is 29.3 Å². The van der Waals surface area contributed by atoms with E-state index in [0.29, 0.717) is 51.8 Å². The van der Waals surface area contributed by atoms with Gasteiger partial charge in [-0.05, 0) is 78.1 Å². The minimum Gasteiger partial charge on any atom is -0.368 e. The molecule has 1 unspecified atom stereocenters. The summed E-state index contributed by atoms with van der Waals surface area (Å²) in [5.41, 5.74) is 3.44. The number of nitrogens with two attached hydrogens (primary N) is 1. The molecular formula is C42H33ClF8N8O2S. The van der Waals surface area contributed by atoms with Crippen molar-refractivity contribution in [2.45, 2.75) is 43.9 Å². The molecule has 10 nitrogen and oxygen atoms in total. The van der Waals surface area contributed by atoms with E-state index in [-0.39, 0.29) is 34.5 Å². The van der Waals surface area contributed by atoms with Crippen molar-refractivity contribution in [3.05, 3.63) is 123 Å². The van der Waals surface area contributed by atoms with Crippen molar-refractivity contribution < 1.29 is 44.7 Å². The van der Waals surface area contributed by atoms with Crippen molar-refractivity contribution in [1.82, 2.24) is 25.1 Å². The first-order chi connectivity index (χ1) is 29.4. The molecule has 4 atom stereocenters. The van der Waals surface area contributed by atoms with Gasteiger partial charge in [0.25, 0.3) is 11.8 Å². The molecule has 1 saturated carbocycles. The van der Waals surface area contributed by atoms with Crippen molar-refractivity contribution >= 4 is 55.9 Å². The lowest BCUT2D eigenvalue weighted by Crippen LogP contribution is -2.46. The third kappa shape index (κ3) is 7.47. The Kier molecular flexibility index (Phi) is 10.2. The summed E-state index contributed by atoms with van der Waals surface area (Å²) < 4.78 is 119. The van der Waals surface area contributed by atoms with Crippen molar-refractivity contribution in [2.24, 2.45) is 17.6 Å². The monoisotopic (exact) mass is 900 g/mol. The predicted molar refractivity (Wildman–Crippen MR) is 215 cm³/mol. The van der Waals surface area contributed by atoms with E-state index in [4.69, 9.17) is 27.3 Å². The van der Waals surface area contributed by atoms with Crippen molar-refractivity contribution in [3.63, 3.8) is 0 Å². The Morgan fingerprint density at radius 1 is 0.952 bits per heavy atom. The van der Waals surface area contributed by atoms with E-state index in [1.54, 1.807) is 18.2 Å². The summed E-state index contributed by atoms with van der Waals surface area (Å²) in [6.45, 7) is 2.76. The van der Waals surface area contributed by atoms with Crippen LogP contribution in [0.5, 0.6) is 0 Å². The number of carbonyl (C=O) groups is 2. The molecule has 4 heterocycles. The molecular weight excluding hydrogens is 868 g/mol. The van der Waals surface area contributed by atoms with Gasteiger partial charge in [-0.1, -0.05) is 35.9 Å². The van der Waals surface area contributed by atoms with Crippen molar-refractivity contribution in [3.8, 4) is 11.1 Å². The predicted octanol–water partition coefficient (Wildman–Crippen LogP) is 8.62. The van der Waals surface area contributed by atoms with Crippen LogP contribution in [0.4, 0.5) is 45.9 Å². The number of halogens is 9. The van der Waals surface area contributed by atoms with Crippen LogP contribution < -0.4 is 20.9 Å². The molecule has 0 radical (unpaired) electrons. The maximum Gasteiger partial charge on any atom is 0.435 e. The quantitative estimate of drug-likeness (QED) is 0.132. The molecule has 3 aliphatic rings. The van der Waals surface area contributed by atoms with Crippen LogP contribution in [-0.2, 0) is 29.9 Å². The molecule has 1 saturated heterocycles. The number of nitrogens with one attached hydrogen (secondary N) is 1. The van der Waals surface area contributed by atoms with E-state index in [2.05, 4.69) is 15.3 Å². The Labute approximate surface area is 356 Å². The van der Waals surface area contributed by atoms with Gasteiger partial charge < -0.3 is 20.9 Å². The molecule has 20 heteroatoms. The third-order valence-electron chi connectivity index (χ3n) is 11.7. The van der Waals surface area contributed by atoms with Crippen LogP contribution in [0.2, 0.25) is 5.02 Å². The van der Waals surface area contributed by atoms with Gasteiger partial charge in [0, 0.05) is 65.9 Å². The number of rotatable bonds is 10. The number of hydrogen-bond donors (Lipinski definition) is 2. The minimum absolute atomic E-state index is 0.00931. The average molecular weight is 901 g/mol. The molecule has 2 amide bonds. The van der Waals surface area contributed by atoms with Crippen LogP contribution in [0.15, 0.2) is 66.7 Å². The van der Waals surface area contributed by atoms with Gasteiger partial charge in [-0.3, -0.25) is 14.3 Å². The second kappa shape index (κ2) is 15.2. The number of aromatic nitrogens is 4. The second-order valence-corrected chi connectivity index (χ2v) is 17.1. The molecule has 0 bridgehead atoms. The number of nitrogens with zero attached hydrogens (tertiary/aromatic N) is 6. The Bertz CT molecular complexity index is 2750. The van der Waals surface area contributed by atoms with E-state index in [0.717, 1.165) is 23.9 Å². The molecule has 3 aromatic heterocycles. The molecule has 1 aliphatic heterocycles. The number of alkyl halides is 5. The van der Waals surface area contributed by atoms with Gasteiger partial charge in [0.15, 0.2) is 16.5 Å². The molecule has 62 heavy (non-hydrogen) atoms. The lowest BCUT2D eigenvalue weighted by molar-refractivity contribution is -0.142. The Hall–Kier alpha value is -5.82. The molecule has 3 aromatic carbocycles. The van der Waals surface area contributed by atoms with Gasteiger partial charge in [0.05, 0.1) is 22.0 Å². The fourth-order valence-corrected chi connectivity index (χ4v) is 9.96.